The lowest BCUT2D eigenvalue weighted by atomic mass is 9.82. The summed E-state index contributed by atoms with van der Waals surface area (Å²) in [6.45, 7) is 4.20. The van der Waals surface area contributed by atoms with Gasteiger partial charge in [0.05, 0.1) is 21.4 Å². The summed E-state index contributed by atoms with van der Waals surface area (Å²) >= 11 is 12.5. The first-order valence-corrected chi connectivity index (χ1v) is 13.4. The molecule has 176 valence electrons. The lowest BCUT2D eigenvalue weighted by molar-refractivity contribution is 0.0320. The highest BCUT2D eigenvalue weighted by Gasteiger charge is 2.40. The van der Waals surface area contributed by atoms with E-state index in [0.29, 0.717) is 35.1 Å². The van der Waals surface area contributed by atoms with Crippen LogP contribution in [0.3, 0.4) is 0 Å². The topological polar surface area (TPSA) is 57.7 Å². The normalized spacial score (nSPS) is 20.6. The van der Waals surface area contributed by atoms with Gasteiger partial charge < -0.3 is 0 Å². The van der Waals surface area contributed by atoms with Gasteiger partial charge >= 0.3 is 0 Å². The van der Waals surface area contributed by atoms with Crippen LogP contribution in [-0.2, 0) is 10.0 Å². The van der Waals surface area contributed by atoms with Crippen LogP contribution in [0.25, 0.3) is 0 Å². The molecule has 0 atom stereocenters. The zero-order valence-corrected chi connectivity index (χ0v) is 21.3. The first kappa shape index (κ1) is 26.9. The maximum absolute atomic E-state index is 13.0. The Morgan fingerprint density at radius 3 is 2.06 bits per heavy atom. The highest BCUT2D eigenvalue weighted by molar-refractivity contribution is 7.89. The molecule has 31 heavy (non-hydrogen) atoms. The van der Waals surface area contributed by atoms with Crippen molar-refractivity contribution >= 4 is 51.4 Å². The van der Waals surface area contributed by atoms with Gasteiger partial charge in [-0.05, 0) is 38.3 Å². The second-order valence-electron chi connectivity index (χ2n) is 8.45. The van der Waals surface area contributed by atoms with E-state index in [1.54, 1.807) is 29.4 Å². The molecule has 0 radical (unpaired) electrons. The average Bonchev–Trinajstić information content (AvgIpc) is 2.99. The largest absolute Gasteiger partial charge is 0.295 e. The van der Waals surface area contributed by atoms with Crippen LogP contribution in [0.2, 0.25) is 10.0 Å². The quantitative estimate of drug-likeness (QED) is 0.361. The molecule has 3 rings (SSSR count). The Kier molecular flexibility index (Phi) is 10.1. The summed E-state index contributed by atoms with van der Waals surface area (Å²) < 4.78 is 26.1. The van der Waals surface area contributed by atoms with Crippen LogP contribution in [-0.4, -0.2) is 60.9 Å². The summed E-state index contributed by atoms with van der Waals surface area (Å²) in [5, 5.41) is 0.807. The van der Waals surface area contributed by atoms with Crippen LogP contribution in [0, 0.1) is 0 Å². The Labute approximate surface area is 202 Å². The smallest absolute Gasteiger partial charge is 0.213 e. The molecule has 9 heteroatoms. The van der Waals surface area contributed by atoms with Gasteiger partial charge in [0, 0.05) is 38.1 Å². The first-order valence-electron chi connectivity index (χ1n) is 11.0. The summed E-state index contributed by atoms with van der Waals surface area (Å²) in [6, 6.07) is 5.16. The standard InChI is InChI=1S/C22H32Cl2N2O3S.ClH/c1-2-30(28,29)26-16-14-25(15-17-26)22(11-5-3-4-6-12-22)13-10-20(27)21-18(23)8-7-9-19(21)24;/h7-9H,2-6,10-17H2,1H3;1H. The number of carbonyl (C=O) groups excluding carboxylic acids is 1. The first-order chi connectivity index (χ1) is 14.3. The summed E-state index contributed by atoms with van der Waals surface area (Å²) in [7, 11) is -3.15. The van der Waals surface area contributed by atoms with Crippen molar-refractivity contribution in [3.8, 4) is 0 Å². The zero-order chi connectivity index (χ0) is 21.8. The van der Waals surface area contributed by atoms with Crippen molar-refractivity contribution in [3.05, 3.63) is 33.8 Å². The second-order valence-corrected chi connectivity index (χ2v) is 11.5. The molecule has 0 unspecified atom stereocenters. The van der Waals surface area contributed by atoms with Crippen molar-refractivity contribution in [1.82, 2.24) is 9.21 Å². The maximum atomic E-state index is 13.0. The molecule has 2 aliphatic rings. The Hall–Kier alpha value is -0.370. The van der Waals surface area contributed by atoms with Gasteiger partial charge in [-0.1, -0.05) is 55.0 Å². The minimum atomic E-state index is -3.15. The molecule has 1 heterocycles. The summed E-state index contributed by atoms with van der Waals surface area (Å²) in [5.74, 6) is 0.132. The Bertz CT molecular complexity index is 827. The summed E-state index contributed by atoms with van der Waals surface area (Å²) in [5.41, 5.74) is 0.366. The third kappa shape index (κ3) is 6.36. The van der Waals surface area contributed by atoms with E-state index in [0.717, 1.165) is 45.2 Å². The minimum Gasteiger partial charge on any atom is -0.295 e. The zero-order valence-electron chi connectivity index (χ0n) is 18.1. The van der Waals surface area contributed by atoms with Crippen LogP contribution in [0.1, 0.15) is 68.6 Å². The van der Waals surface area contributed by atoms with Gasteiger partial charge in [-0.15, -0.1) is 12.4 Å². The number of nitrogens with zero attached hydrogens (tertiary/aromatic N) is 2. The van der Waals surface area contributed by atoms with Crippen LogP contribution in [0.4, 0.5) is 0 Å². The number of carbonyl (C=O) groups is 1. The number of sulfonamides is 1. The maximum Gasteiger partial charge on any atom is 0.213 e. The second kappa shape index (κ2) is 11.7. The molecule has 0 spiro atoms. The van der Waals surface area contributed by atoms with E-state index < -0.39 is 10.0 Å². The van der Waals surface area contributed by atoms with E-state index in [-0.39, 0.29) is 29.5 Å². The van der Waals surface area contributed by atoms with Crippen molar-refractivity contribution in [1.29, 1.82) is 0 Å². The highest BCUT2D eigenvalue weighted by atomic mass is 35.5. The van der Waals surface area contributed by atoms with Crippen molar-refractivity contribution in [3.63, 3.8) is 0 Å². The fourth-order valence-electron chi connectivity index (χ4n) is 4.97. The molecule has 1 saturated heterocycles. The summed E-state index contributed by atoms with van der Waals surface area (Å²) in [4.78, 5) is 15.4. The number of Topliss-reactive ketones (excluding diaryl/α,β-unsaturated/α-hetero) is 1. The average molecular weight is 512 g/mol. The van der Waals surface area contributed by atoms with E-state index >= 15 is 0 Å². The van der Waals surface area contributed by atoms with E-state index in [1.165, 1.54) is 12.8 Å². The van der Waals surface area contributed by atoms with Gasteiger partial charge in [-0.3, -0.25) is 9.69 Å². The van der Waals surface area contributed by atoms with Crippen LogP contribution >= 0.6 is 35.6 Å². The Balaban J connectivity index is 0.00000341. The van der Waals surface area contributed by atoms with Crippen molar-refractivity contribution in [2.45, 2.75) is 63.8 Å². The van der Waals surface area contributed by atoms with Gasteiger partial charge in [0.2, 0.25) is 10.0 Å². The SMILES string of the molecule is CCS(=O)(=O)N1CCN(C2(CCC(=O)c3c(Cl)cccc3Cl)CCCCCC2)CC1.Cl. The van der Waals surface area contributed by atoms with E-state index in [4.69, 9.17) is 23.2 Å². The van der Waals surface area contributed by atoms with Gasteiger partial charge in [-0.2, -0.15) is 4.31 Å². The molecule has 1 aliphatic heterocycles. The number of hydrogen-bond acceptors (Lipinski definition) is 4. The van der Waals surface area contributed by atoms with Crippen LogP contribution in [0.15, 0.2) is 18.2 Å². The van der Waals surface area contributed by atoms with Gasteiger partial charge in [-0.25, -0.2) is 8.42 Å². The molecule has 1 aromatic carbocycles. The lowest BCUT2D eigenvalue weighted by Gasteiger charge is -2.48. The summed E-state index contributed by atoms with van der Waals surface area (Å²) in [6.07, 6.45) is 7.99. The Morgan fingerprint density at radius 1 is 1.00 bits per heavy atom. The van der Waals surface area contributed by atoms with Crippen molar-refractivity contribution < 1.29 is 13.2 Å². The molecule has 0 N–H and O–H groups in total. The monoisotopic (exact) mass is 510 g/mol. The van der Waals surface area contributed by atoms with Crippen molar-refractivity contribution in [2.24, 2.45) is 0 Å². The van der Waals surface area contributed by atoms with Gasteiger partial charge in [0.25, 0.3) is 0 Å². The number of benzene rings is 1. The third-order valence-corrected chi connectivity index (χ3v) is 9.27. The molecule has 0 amide bonds. The van der Waals surface area contributed by atoms with Crippen LogP contribution in [0.5, 0.6) is 0 Å². The van der Waals surface area contributed by atoms with Gasteiger partial charge in [0.15, 0.2) is 5.78 Å². The molecule has 0 bridgehead atoms. The molecule has 0 aromatic heterocycles. The fraction of sp³-hybridized carbons (Fsp3) is 0.682. The molecule has 5 nitrogen and oxygen atoms in total. The fourth-order valence-corrected chi connectivity index (χ4v) is 6.66. The molecule has 2 fully saturated rings. The lowest BCUT2D eigenvalue weighted by Crippen LogP contribution is -2.58. The number of halogens is 3. The number of ketones is 1. The molecule has 1 saturated carbocycles. The van der Waals surface area contributed by atoms with E-state index in [9.17, 15) is 13.2 Å². The van der Waals surface area contributed by atoms with Gasteiger partial charge in [0.1, 0.15) is 0 Å². The molecular weight excluding hydrogens is 479 g/mol. The predicted octanol–water partition coefficient (Wildman–Crippen LogP) is 5.44. The van der Waals surface area contributed by atoms with E-state index in [1.807, 2.05) is 0 Å². The molecular formula is C22H33Cl3N2O3S. The number of rotatable bonds is 7. The predicted molar refractivity (Wildman–Crippen MR) is 130 cm³/mol. The van der Waals surface area contributed by atoms with Crippen molar-refractivity contribution in [2.75, 3.05) is 31.9 Å². The van der Waals surface area contributed by atoms with Crippen LogP contribution < -0.4 is 0 Å². The number of hydrogen-bond donors (Lipinski definition) is 0. The third-order valence-electron chi connectivity index (χ3n) is 6.76. The number of piperazine rings is 1. The van der Waals surface area contributed by atoms with E-state index in [2.05, 4.69) is 4.90 Å². The minimum absolute atomic E-state index is 0. The molecule has 1 aliphatic carbocycles. The Morgan fingerprint density at radius 2 is 1.55 bits per heavy atom. The molecule has 1 aromatic rings. The highest BCUT2D eigenvalue weighted by Crippen LogP contribution is 2.38.